The molecule has 0 aliphatic rings. The summed E-state index contributed by atoms with van der Waals surface area (Å²) in [4.78, 5) is 16.6. The average Bonchev–Trinajstić information content (AvgIpc) is 2.62. The minimum Gasteiger partial charge on any atom is -0.486 e. The first kappa shape index (κ1) is 15.7. The predicted molar refractivity (Wildman–Crippen MR) is 91.8 cm³/mol. The molecule has 0 aliphatic carbocycles. The topological polar surface area (TPSA) is 51.2 Å². The van der Waals surface area contributed by atoms with Crippen molar-refractivity contribution in [2.24, 2.45) is 0 Å². The van der Waals surface area contributed by atoms with Crippen molar-refractivity contribution in [2.45, 2.75) is 0 Å². The monoisotopic (exact) mass is 322 g/mol. The molecule has 1 heterocycles. The van der Waals surface area contributed by atoms with Gasteiger partial charge in [0.05, 0.1) is 11.2 Å². The van der Waals surface area contributed by atoms with Gasteiger partial charge in [-0.05, 0) is 36.4 Å². The highest BCUT2D eigenvalue weighted by molar-refractivity contribution is 6.06. The Morgan fingerprint density at radius 3 is 2.96 bits per heavy atom. The smallest absolute Gasteiger partial charge is 0.255 e. The van der Waals surface area contributed by atoms with Crippen molar-refractivity contribution >= 4 is 22.5 Å². The van der Waals surface area contributed by atoms with Gasteiger partial charge in [-0.25, -0.2) is 4.39 Å². The van der Waals surface area contributed by atoms with Crippen LogP contribution < -0.4 is 10.1 Å². The Balaban J connectivity index is 1.84. The largest absolute Gasteiger partial charge is 0.486 e. The Bertz CT molecular complexity index is 909. The van der Waals surface area contributed by atoms with Crippen LogP contribution in [-0.4, -0.2) is 17.5 Å². The number of aromatic nitrogens is 1. The number of amides is 1. The fraction of sp³-hybridized carbons (Fsp3) is 0.0526. The number of fused-ring (bicyclic) bond motifs is 1. The van der Waals surface area contributed by atoms with Crippen molar-refractivity contribution in [3.05, 3.63) is 78.8 Å². The normalized spacial score (nSPS) is 10.4. The molecule has 0 radical (unpaired) electrons. The van der Waals surface area contributed by atoms with E-state index in [4.69, 9.17) is 4.74 Å². The van der Waals surface area contributed by atoms with E-state index in [1.165, 1.54) is 18.2 Å². The van der Waals surface area contributed by atoms with E-state index >= 15 is 0 Å². The van der Waals surface area contributed by atoms with Crippen molar-refractivity contribution in [3.63, 3.8) is 0 Å². The van der Waals surface area contributed by atoms with Crippen LogP contribution in [-0.2, 0) is 0 Å². The molecule has 1 amide bonds. The van der Waals surface area contributed by atoms with Gasteiger partial charge in [0.1, 0.15) is 6.61 Å². The van der Waals surface area contributed by atoms with E-state index in [-0.39, 0.29) is 18.0 Å². The fourth-order valence-corrected chi connectivity index (χ4v) is 2.28. The summed E-state index contributed by atoms with van der Waals surface area (Å²) in [5.41, 5.74) is 1.28. The number of rotatable bonds is 5. The van der Waals surface area contributed by atoms with Crippen molar-refractivity contribution in [3.8, 4) is 5.75 Å². The number of nitrogens with one attached hydrogen (secondary N) is 1. The summed E-state index contributed by atoms with van der Waals surface area (Å²) in [6.45, 7) is 3.70. The highest BCUT2D eigenvalue weighted by Gasteiger charge is 2.13. The van der Waals surface area contributed by atoms with E-state index in [2.05, 4.69) is 16.9 Å². The first-order valence-corrected chi connectivity index (χ1v) is 7.37. The molecule has 0 bridgehead atoms. The number of halogens is 1. The Morgan fingerprint density at radius 2 is 2.12 bits per heavy atom. The second kappa shape index (κ2) is 6.91. The van der Waals surface area contributed by atoms with E-state index < -0.39 is 11.7 Å². The molecule has 4 nitrogen and oxygen atoms in total. The third-order valence-corrected chi connectivity index (χ3v) is 3.43. The quantitative estimate of drug-likeness (QED) is 0.717. The summed E-state index contributed by atoms with van der Waals surface area (Å²) in [6.07, 6.45) is 3.21. The molecule has 0 saturated heterocycles. The van der Waals surface area contributed by atoms with Crippen LogP contribution in [0.25, 0.3) is 10.9 Å². The third-order valence-electron chi connectivity index (χ3n) is 3.43. The summed E-state index contributed by atoms with van der Waals surface area (Å²) < 4.78 is 19.6. The van der Waals surface area contributed by atoms with E-state index in [0.29, 0.717) is 5.56 Å². The number of carbonyl (C=O) groups is 1. The Labute approximate surface area is 138 Å². The van der Waals surface area contributed by atoms with Crippen molar-refractivity contribution in [2.75, 3.05) is 11.9 Å². The summed E-state index contributed by atoms with van der Waals surface area (Å²) in [5, 5.41) is 3.41. The van der Waals surface area contributed by atoms with Crippen LogP contribution >= 0.6 is 0 Å². The van der Waals surface area contributed by atoms with Crippen LogP contribution in [0.4, 0.5) is 10.1 Å². The predicted octanol–water partition coefficient (Wildman–Crippen LogP) is 4.19. The van der Waals surface area contributed by atoms with Gasteiger partial charge in [-0.2, -0.15) is 0 Å². The molecule has 24 heavy (non-hydrogen) atoms. The molecule has 1 aromatic heterocycles. The maximum absolute atomic E-state index is 14.3. The number of nitrogens with zero attached hydrogens (tertiary/aromatic N) is 1. The van der Waals surface area contributed by atoms with Crippen molar-refractivity contribution in [1.82, 2.24) is 4.98 Å². The maximum Gasteiger partial charge on any atom is 0.255 e. The zero-order chi connectivity index (χ0) is 16.9. The number of anilines is 1. The highest BCUT2D eigenvalue weighted by atomic mass is 19.1. The molecule has 0 saturated carbocycles. The number of ether oxygens (including phenoxy) is 1. The van der Waals surface area contributed by atoms with Crippen LogP contribution in [0.15, 0.2) is 67.4 Å². The van der Waals surface area contributed by atoms with Crippen LogP contribution in [0.1, 0.15) is 10.4 Å². The van der Waals surface area contributed by atoms with Crippen molar-refractivity contribution in [1.29, 1.82) is 0 Å². The summed E-state index contributed by atoms with van der Waals surface area (Å²) in [7, 11) is 0. The molecule has 0 fully saturated rings. The minimum absolute atomic E-state index is 0.0628. The van der Waals surface area contributed by atoms with Crippen LogP contribution in [0.2, 0.25) is 0 Å². The molecule has 120 valence electrons. The molecule has 3 aromatic rings. The molecule has 0 aliphatic heterocycles. The van der Waals surface area contributed by atoms with Crippen LogP contribution in [0.3, 0.4) is 0 Å². The van der Waals surface area contributed by atoms with Gasteiger partial charge in [-0.3, -0.25) is 9.78 Å². The molecule has 5 heteroatoms. The fourth-order valence-electron chi connectivity index (χ4n) is 2.28. The minimum atomic E-state index is -0.616. The number of hydrogen-bond donors (Lipinski definition) is 1. The van der Waals surface area contributed by atoms with Gasteiger partial charge in [0, 0.05) is 17.1 Å². The lowest BCUT2D eigenvalue weighted by atomic mass is 10.1. The van der Waals surface area contributed by atoms with Gasteiger partial charge in [-0.15, -0.1) is 0 Å². The van der Waals surface area contributed by atoms with E-state index in [0.717, 1.165) is 10.9 Å². The van der Waals surface area contributed by atoms with Gasteiger partial charge in [0.15, 0.2) is 11.6 Å². The Hall–Kier alpha value is -3.21. The van der Waals surface area contributed by atoms with Crippen LogP contribution in [0, 0.1) is 5.82 Å². The standard InChI is InChI=1S/C19H15FN2O2/c1-2-11-24-17-7-3-6-16(18(17)20)22-19(23)14-8-9-15-13(12-14)5-4-10-21-15/h2-10,12H,1,11H2,(H,22,23). The van der Waals surface area contributed by atoms with Gasteiger partial charge in [0.25, 0.3) is 5.91 Å². The molecule has 0 spiro atoms. The Morgan fingerprint density at radius 1 is 1.25 bits per heavy atom. The first-order valence-electron chi connectivity index (χ1n) is 7.37. The second-order valence-corrected chi connectivity index (χ2v) is 5.08. The van der Waals surface area contributed by atoms with Gasteiger partial charge in [-0.1, -0.05) is 24.8 Å². The van der Waals surface area contributed by atoms with E-state index in [1.807, 2.05) is 6.07 Å². The first-order chi connectivity index (χ1) is 11.7. The molecule has 1 N–H and O–H groups in total. The molecule has 0 unspecified atom stereocenters. The molecular weight excluding hydrogens is 307 g/mol. The summed E-state index contributed by atoms with van der Waals surface area (Å²) in [5.74, 6) is -0.953. The number of hydrogen-bond acceptors (Lipinski definition) is 3. The van der Waals surface area contributed by atoms with Gasteiger partial charge >= 0.3 is 0 Å². The second-order valence-electron chi connectivity index (χ2n) is 5.08. The average molecular weight is 322 g/mol. The summed E-state index contributed by atoms with van der Waals surface area (Å²) in [6, 6.07) is 13.4. The molecular formula is C19H15FN2O2. The lowest BCUT2D eigenvalue weighted by molar-refractivity contribution is 0.102. The molecule has 2 aromatic carbocycles. The van der Waals surface area contributed by atoms with Crippen molar-refractivity contribution < 1.29 is 13.9 Å². The van der Waals surface area contributed by atoms with E-state index in [1.54, 1.807) is 36.5 Å². The SMILES string of the molecule is C=CCOc1cccc(NC(=O)c2ccc3ncccc3c2)c1F. The summed E-state index contributed by atoms with van der Waals surface area (Å²) >= 11 is 0. The molecule has 0 atom stereocenters. The Kier molecular flexibility index (Phi) is 4.52. The zero-order valence-corrected chi connectivity index (χ0v) is 12.8. The lowest BCUT2D eigenvalue weighted by Crippen LogP contribution is -2.13. The number of benzene rings is 2. The molecule has 3 rings (SSSR count). The van der Waals surface area contributed by atoms with Gasteiger partial charge < -0.3 is 10.1 Å². The van der Waals surface area contributed by atoms with E-state index in [9.17, 15) is 9.18 Å². The number of carbonyl (C=O) groups excluding carboxylic acids is 1. The highest BCUT2D eigenvalue weighted by Crippen LogP contribution is 2.25. The number of pyridine rings is 1. The van der Waals surface area contributed by atoms with Gasteiger partial charge in [0.2, 0.25) is 0 Å². The maximum atomic E-state index is 14.3. The third kappa shape index (κ3) is 3.25. The van der Waals surface area contributed by atoms with Crippen LogP contribution in [0.5, 0.6) is 5.75 Å². The lowest BCUT2D eigenvalue weighted by Gasteiger charge is -2.10. The zero-order valence-electron chi connectivity index (χ0n) is 12.8.